The highest BCUT2D eigenvalue weighted by atomic mass is 35.5. The monoisotopic (exact) mass is 359 g/mol. The van der Waals surface area contributed by atoms with E-state index in [-0.39, 0.29) is 6.03 Å². The largest absolute Gasteiger partial charge is 0.335 e. The van der Waals surface area contributed by atoms with E-state index in [0.29, 0.717) is 12.6 Å². The van der Waals surface area contributed by atoms with Gasteiger partial charge in [-0.3, -0.25) is 0 Å². The topological polar surface area (TPSA) is 46.1 Å². The molecule has 0 aliphatic heterocycles. The first-order chi connectivity index (χ1) is 12.0. The van der Waals surface area contributed by atoms with Gasteiger partial charge in [-0.05, 0) is 56.5 Å². The van der Waals surface area contributed by atoms with Gasteiger partial charge in [0.05, 0.1) is 0 Å². The number of aryl methyl sites for hydroxylation is 1. The number of nitrogens with one attached hydrogen (secondary N) is 2. The Bertz CT molecular complexity index is 747. The molecule has 0 atom stereocenters. The van der Waals surface area contributed by atoms with Crippen LogP contribution in [0.5, 0.6) is 0 Å². The van der Waals surface area contributed by atoms with E-state index >= 15 is 0 Å². The average molecular weight is 360 g/mol. The van der Waals surface area contributed by atoms with Gasteiger partial charge in [-0.25, -0.2) is 4.79 Å². The van der Waals surface area contributed by atoms with Crippen molar-refractivity contribution in [1.82, 2.24) is 15.2 Å². The number of nitrogens with zero attached hydrogens (tertiary/aromatic N) is 1. The van der Waals surface area contributed by atoms with Gasteiger partial charge >= 0.3 is 6.03 Å². The molecule has 3 rings (SSSR count). The molecule has 1 aromatic carbocycles. The number of amides is 2. The van der Waals surface area contributed by atoms with Crippen LogP contribution < -0.4 is 10.6 Å². The zero-order chi connectivity index (χ0) is 17.8. The summed E-state index contributed by atoms with van der Waals surface area (Å²) < 4.78 is 2.17. The zero-order valence-electron chi connectivity index (χ0n) is 14.9. The van der Waals surface area contributed by atoms with Crippen molar-refractivity contribution in [2.24, 2.45) is 0 Å². The van der Waals surface area contributed by atoms with Crippen LogP contribution in [0, 0.1) is 13.8 Å². The minimum Gasteiger partial charge on any atom is -0.335 e. The summed E-state index contributed by atoms with van der Waals surface area (Å²) in [5, 5.41) is 6.81. The average Bonchev–Trinajstić information content (AvgIpc) is 2.88. The molecule has 1 fully saturated rings. The summed E-state index contributed by atoms with van der Waals surface area (Å²) in [5.41, 5.74) is 4.42. The fourth-order valence-electron chi connectivity index (χ4n) is 3.68. The van der Waals surface area contributed by atoms with Crippen molar-refractivity contribution < 1.29 is 4.79 Å². The normalized spacial score (nSPS) is 15.2. The van der Waals surface area contributed by atoms with Crippen LogP contribution in [0.4, 0.5) is 4.79 Å². The van der Waals surface area contributed by atoms with Crippen LogP contribution in [-0.2, 0) is 6.54 Å². The van der Waals surface area contributed by atoms with Crippen molar-refractivity contribution in [2.45, 2.75) is 58.5 Å². The summed E-state index contributed by atoms with van der Waals surface area (Å²) in [5.74, 6) is 0. The number of carbonyl (C=O) groups is 1. The molecule has 0 spiro atoms. The molecule has 4 nitrogen and oxygen atoms in total. The predicted molar refractivity (Wildman–Crippen MR) is 102 cm³/mol. The molecule has 2 amide bonds. The van der Waals surface area contributed by atoms with Crippen LogP contribution in [0.1, 0.15) is 49.1 Å². The Balaban J connectivity index is 1.65. The van der Waals surface area contributed by atoms with Crippen LogP contribution in [0.25, 0.3) is 5.69 Å². The van der Waals surface area contributed by atoms with E-state index in [1.807, 2.05) is 24.3 Å². The molecule has 0 radical (unpaired) electrons. The van der Waals surface area contributed by atoms with E-state index in [1.54, 1.807) is 0 Å². The SMILES string of the molecule is Cc1cc(CNC(=O)NC2CCCCC2)c(C)n1-c1cccc(Cl)c1. The lowest BCUT2D eigenvalue weighted by molar-refractivity contribution is 0.232. The summed E-state index contributed by atoms with van der Waals surface area (Å²) >= 11 is 6.12. The molecule has 1 heterocycles. The lowest BCUT2D eigenvalue weighted by Crippen LogP contribution is -2.42. The van der Waals surface area contributed by atoms with Gasteiger partial charge < -0.3 is 15.2 Å². The van der Waals surface area contributed by atoms with Gasteiger partial charge in [0.2, 0.25) is 0 Å². The van der Waals surface area contributed by atoms with E-state index in [2.05, 4.69) is 35.1 Å². The van der Waals surface area contributed by atoms with Gasteiger partial charge in [-0.15, -0.1) is 0 Å². The van der Waals surface area contributed by atoms with Crippen LogP contribution >= 0.6 is 11.6 Å². The third-order valence-corrected chi connectivity index (χ3v) is 5.22. The Hall–Kier alpha value is -1.94. The summed E-state index contributed by atoms with van der Waals surface area (Å²) in [6.45, 7) is 4.67. The maximum absolute atomic E-state index is 12.2. The van der Waals surface area contributed by atoms with Crippen molar-refractivity contribution in [1.29, 1.82) is 0 Å². The number of hydrogen-bond donors (Lipinski definition) is 2. The quantitative estimate of drug-likeness (QED) is 0.802. The lowest BCUT2D eigenvalue weighted by Gasteiger charge is -2.22. The fraction of sp³-hybridized carbons (Fsp3) is 0.450. The van der Waals surface area contributed by atoms with Gasteiger partial charge in [0.15, 0.2) is 0 Å². The van der Waals surface area contributed by atoms with Crippen molar-refractivity contribution in [3.8, 4) is 5.69 Å². The fourth-order valence-corrected chi connectivity index (χ4v) is 3.86. The molecule has 134 valence electrons. The Kier molecular flexibility index (Phi) is 5.69. The van der Waals surface area contributed by atoms with Gasteiger partial charge in [-0.1, -0.05) is 36.9 Å². The smallest absolute Gasteiger partial charge is 0.315 e. The number of benzene rings is 1. The number of rotatable bonds is 4. The molecule has 0 bridgehead atoms. The van der Waals surface area contributed by atoms with E-state index in [1.165, 1.54) is 19.3 Å². The molecule has 25 heavy (non-hydrogen) atoms. The maximum atomic E-state index is 12.2. The van der Waals surface area contributed by atoms with Gasteiger partial charge in [-0.2, -0.15) is 0 Å². The maximum Gasteiger partial charge on any atom is 0.315 e. The molecule has 1 saturated carbocycles. The van der Waals surface area contributed by atoms with E-state index in [4.69, 9.17) is 11.6 Å². The van der Waals surface area contributed by atoms with E-state index in [0.717, 1.165) is 40.5 Å². The standard InChI is InChI=1S/C20H26ClN3O/c1-14-11-16(13-22-20(25)23-18-8-4-3-5-9-18)15(2)24(14)19-10-6-7-17(21)12-19/h6-7,10-12,18H,3-5,8-9,13H2,1-2H3,(H2,22,23,25). The first-order valence-electron chi connectivity index (χ1n) is 9.02. The molecule has 2 aromatic rings. The number of aromatic nitrogens is 1. The molecule has 5 heteroatoms. The van der Waals surface area contributed by atoms with Crippen LogP contribution in [-0.4, -0.2) is 16.6 Å². The van der Waals surface area contributed by atoms with Crippen LogP contribution in [0.15, 0.2) is 30.3 Å². The molecule has 1 aromatic heterocycles. The van der Waals surface area contributed by atoms with Crippen molar-refractivity contribution in [3.63, 3.8) is 0 Å². The second-order valence-corrected chi connectivity index (χ2v) is 7.31. The number of carbonyl (C=O) groups excluding carboxylic acids is 1. The summed E-state index contributed by atoms with van der Waals surface area (Å²) in [6.07, 6.45) is 5.90. The van der Waals surface area contributed by atoms with Crippen LogP contribution in [0.3, 0.4) is 0 Å². The molecule has 1 aliphatic carbocycles. The Morgan fingerprint density at radius 1 is 1.20 bits per heavy atom. The summed E-state index contributed by atoms with van der Waals surface area (Å²) in [7, 11) is 0. The molecule has 0 saturated heterocycles. The van der Waals surface area contributed by atoms with Crippen LogP contribution in [0.2, 0.25) is 5.02 Å². The highest BCUT2D eigenvalue weighted by molar-refractivity contribution is 6.30. The van der Waals surface area contributed by atoms with E-state index in [9.17, 15) is 4.79 Å². The third kappa shape index (κ3) is 4.37. The highest BCUT2D eigenvalue weighted by Crippen LogP contribution is 2.23. The Labute approximate surface area is 154 Å². The minimum absolute atomic E-state index is 0.0699. The van der Waals surface area contributed by atoms with Crippen molar-refractivity contribution >= 4 is 17.6 Å². The minimum atomic E-state index is -0.0699. The van der Waals surface area contributed by atoms with Gasteiger partial charge in [0, 0.05) is 34.7 Å². The second-order valence-electron chi connectivity index (χ2n) is 6.87. The molecular weight excluding hydrogens is 334 g/mol. The molecule has 0 unspecified atom stereocenters. The number of halogens is 1. The highest BCUT2D eigenvalue weighted by Gasteiger charge is 2.16. The second kappa shape index (κ2) is 7.96. The number of hydrogen-bond acceptors (Lipinski definition) is 1. The Morgan fingerprint density at radius 2 is 1.96 bits per heavy atom. The molecular formula is C20H26ClN3O. The van der Waals surface area contributed by atoms with Crippen molar-refractivity contribution in [2.75, 3.05) is 0 Å². The predicted octanol–water partition coefficient (Wildman–Crippen LogP) is 4.88. The first-order valence-corrected chi connectivity index (χ1v) is 9.40. The third-order valence-electron chi connectivity index (χ3n) is 4.98. The molecule has 1 aliphatic rings. The lowest BCUT2D eigenvalue weighted by atomic mass is 9.96. The van der Waals surface area contributed by atoms with Gasteiger partial charge in [0.25, 0.3) is 0 Å². The van der Waals surface area contributed by atoms with Crippen molar-refractivity contribution in [3.05, 3.63) is 52.3 Å². The summed E-state index contributed by atoms with van der Waals surface area (Å²) in [6, 6.07) is 10.2. The Morgan fingerprint density at radius 3 is 2.68 bits per heavy atom. The van der Waals surface area contributed by atoms with Gasteiger partial charge in [0.1, 0.15) is 0 Å². The number of urea groups is 1. The molecule has 2 N–H and O–H groups in total. The first kappa shape index (κ1) is 17.9. The zero-order valence-corrected chi connectivity index (χ0v) is 15.7. The van der Waals surface area contributed by atoms with E-state index < -0.39 is 0 Å². The summed E-state index contributed by atoms with van der Waals surface area (Å²) in [4.78, 5) is 12.2.